The van der Waals surface area contributed by atoms with E-state index in [2.05, 4.69) is 67.5 Å². The molecule has 0 bridgehead atoms. The molecule has 2 rings (SSSR count). The summed E-state index contributed by atoms with van der Waals surface area (Å²) in [5, 5.41) is 0. The first-order valence-corrected chi connectivity index (χ1v) is 5.60. The Morgan fingerprint density at radius 3 is 2.47 bits per heavy atom. The van der Waals surface area contributed by atoms with Crippen molar-refractivity contribution in [2.75, 3.05) is 0 Å². The molecule has 0 aliphatic carbocycles. The van der Waals surface area contributed by atoms with Crippen LogP contribution in [-0.4, -0.2) is 4.40 Å². The van der Waals surface area contributed by atoms with Crippen LogP contribution in [0.3, 0.4) is 0 Å². The van der Waals surface area contributed by atoms with Gasteiger partial charge in [0.05, 0.1) is 12.2 Å². The summed E-state index contributed by atoms with van der Waals surface area (Å²) < 4.78 is 4.44. The zero-order chi connectivity index (χ0) is 11.0. The SMILES string of the molecule is CC(C)c1ccc2c[n+](C(C)C)cn2c1. The van der Waals surface area contributed by atoms with Crippen LogP contribution in [0.25, 0.3) is 5.52 Å². The number of imidazole rings is 1. The van der Waals surface area contributed by atoms with Crippen LogP contribution in [0.15, 0.2) is 30.9 Å². The Labute approximate surface area is 91.2 Å². The standard InChI is InChI=1S/C13H19N2/c1-10(2)12-5-6-13-8-14(11(3)4)9-15(13)7-12/h5-11H,1-4H3/q+1. The maximum Gasteiger partial charge on any atom is 0.249 e. The maximum absolute atomic E-state index is 2.24. The summed E-state index contributed by atoms with van der Waals surface area (Å²) in [6.45, 7) is 8.84. The van der Waals surface area contributed by atoms with Crippen LogP contribution >= 0.6 is 0 Å². The summed E-state index contributed by atoms with van der Waals surface area (Å²) >= 11 is 0. The van der Waals surface area contributed by atoms with E-state index in [-0.39, 0.29) is 0 Å². The number of rotatable bonds is 2. The molecule has 2 nitrogen and oxygen atoms in total. The summed E-state index contributed by atoms with van der Waals surface area (Å²) in [7, 11) is 0. The molecular formula is C13H19N2+. The first-order valence-electron chi connectivity index (χ1n) is 5.60. The van der Waals surface area contributed by atoms with E-state index in [9.17, 15) is 0 Å². The molecule has 0 aliphatic heterocycles. The minimum atomic E-state index is 0.521. The Hall–Kier alpha value is -1.31. The van der Waals surface area contributed by atoms with Gasteiger partial charge in [0.25, 0.3) is 0 Å². The molecule has 0 saturated heterocycles. The molecule has 2 aromatic heterocycles. The van der Waals surface area contributed by atoms with Gasteiger partial charge < -0.3 is 0 Å². The van der Waals surface area contributed by atoms with Crippen LogP contribution in [0.1, 0.15) is 45.2 Å². The largest absolute Gasteiger partial charge is 0.249 e. The van der Waals surface area contributed by atoms with Crippen molar-refractivity contribution in [3.8, 4) is 0 Å². The first-order chi connectivity index (χ1) is 7.08. The van der Waals surface area contributed by atoms with Crippen LogP contribution in [0.5, 0.6) is 0 Å². The molecule has 0 amide bonds. The lowest BCUT2D eigenvalue weighted by molar-refractivity contribution is -0.714. The van der Waals surface area contributed by atoms with Gasteiger partial charge in [-0.1, -0.05) is 19.9 Å². The maximum atomic E-state index is 2.24. The zero-order valence-electron chi connectivity index (χ0n) is 9.94. The number of pyridine rings is 1. The van der Waals surface area contributed by atoms with Crippen molar-refractivity contribution in [1.82, 2.24) is 4.40 Å². The Balaban J connectivity index is 2.52. The number of nitrogens with zero attached hydrogens (tertiary/aromatic N) is 2. The topological polar surface area (TPSA) is 8.29 Å². The lowest BCUT2D eigenvalue weighted by Gasteiger charge is -2.01. The smallest absolute Gasteiger partial charge is 0.234 e. The van der Waals surface area contributed by atoms with Crippen LogP contribution in [0.4, 0.5) is 0 Å². The lowest BCUT2D eigenvalue weighted by Crippen LogP contribution is -2.32. The minimum absolute atomic E-state index is 0.521. The fraction of sp³-hybridized carbons (Fsp3) is 0.462. The Morgan fingerprint density at radius 2 is 1.87 bits per heavy atom. The van der Waals surface area contributed by atoms with Crippen molar-refractivity contribution in [2.24, 2.45) is 0 Å². The van der Waals surface area contributed by atoms with Crippen molar-refractivity contribution in [2.45, 2.75) is 39.7 Å². The Kier molecular flexibility index (Phi) is 2.51. The van der Waals surface area contributed by atoms with Gasteiger partial charge in [0, 0.05) is 0 Å². The van der Waals surface area contributed by atoms with E-state index in [0.29, 0.717) is 12.0 Å². The van der Waals surface area contributed by atoms with E-state index in [0.717, 1.165) is 0 Å². The highest BCUT2D eigenvalue weighted by Crippen LogP contribution is 2.15. The monoisotopic (exact) mass is 203 g/mol. The highest BCUT2D eigenvalue weighted by molar-refractivity contribution is 5.44. The molecule has 0 N–H and O–H groups in total. The molecule has 0 aliphatic rings. The predicted octanol–water partition coefficient (Wildman–Crippen LogP) is 2.93. The molecule has 2 heteroatoms. The normalized spacial score (nSPS) is 11.9. The van der Waals surface area contributed by atoms with Crippen molar-refractivity contribution in [1.29, 1.82) is 0 Å². The van der Waals surface area contributed by atoms with Crippen LogP contribution in [0, 0.1) is 0 Å². The van der Waals surface area contributed by atoms with Gasteiger partial charge in [0.2, 0.25) is 6.33 Å². The van der Waals surface area contributed by atoms with Crippen molar-refractivity contribution in [3.63, 3.8) is 0 Å². The molecule has 0 radical (unpaired) electrons. The summed E-state index contributed by atoms with van der Waals surface area (Å²) in [6.07, 6.45) is 6.57. The van der Waals surface area contributed by atoms with Gasteiger partial charge in [-0.25, -0.2) is 8.97 Å². The van der Waals surface area contributed by atoms with E-state index in [1.165, 1.54) is 11.1 Å². The summed E-state index contributed by atoms with van der Waals surface area (Å²) in [4.78, 5) is 0. The molecular weight excluding hydrogens is 184 g/mol. The van der Waals surface area contributed by atoms with E-state index >= 15 is 0 Å². The average Bonchev–Trinajstić information content (AvgIpc) is 2.59. The number of hydrogen-bond acceptors (Lipinski definition) is 0. The van der Waals surface area contributed by atoms with Crippen molar-refractivity contribution < 1.29 is 4.57 Å². The fourth-order valence-electron chi connectivity index (χ4n) is 1.71. The minimum Gasteiger partial charge on any atom is -0.234 e. The van der Waals surface area contributed by atoms with Crippen LogP contribution in [0.2, 0.25) is 0 Å². The van der Waals surface area contributed by atoms with Crippen LogP contribution < -0.4 is 4.57 Å². The Morgan fingerprint density at radius 1 is 1.13 bits per heavy atom. The van der Waals surface area contributed by atoms with E-state index in [1.807, 2.05) is 0 Å². The molecule has 80 valence electrons. The predicted molar refractivity (Wildman–Crippen MR) is 62.1 cm³/mol. The van der Waals surface area contributed by atoms with Gasteiger partial charge in [-0.2, -0.15) is 0 Å². The third-order valence-corrected chi connectivity index (χ3v) is 2.83. The molecule has 0 fully saturated rings. The van der Waals surface area contributed by atoms with Gasteiger partial charge in [-0.3, -0.25) is 0 Å². The van der Waals surface area contributed by atoms with Crippen LogP contribution in [-0.2, 0) is 0 Å². The third kappa shape index (κ3) is 1.89. The van der Waals surface area contributed by atoms with Gasteiger partial charge in [-0.05, 0) is 31.4 Å². The van der Waals surface area contributed by atoms with Gasteiger partial charge >= 0.3 is 0 Å². The third-order valence-electron chi connectivity index (χ3n) is 2.83. The number of hydrogen-bond donors (Lipinski definition) is 0. The fourth-order valence-corrected chi connectivity index (χ4v) is 1.71. The van der Waals surface area contributed by atoms with Gasteiger partial charge in [0.1, 0.15) is 6.20 Å². The second kappa shape index (κ2) is 3.69. The quantitative estimate of drug-likeness (QED) is 0.663. The van der Waals surface area contributed by atoms with E-state index in [1.54, 1.807) is 0 Å². The Bertz CT molecular complexity index is 460. The van der Waals surface area contributed by atoms with Crippen molar-refractivity contribution >= 4 is 5.52 Å². The molecule has 0 atom stereocenters. The number of aromatic nitrogens is 2. The number of fused-ring (bicyclic) bond motifs is 1. The molecule has 0 unspecified atom stereocenters. The van der Waals surface area contributed by atoms with Crippen molar-refractivity contribution in [3.05, 3.63) is 36.4 Å². The summed E-state index contributed by atoms with van der Waals surface area (Å²) in [5.41, 5.74) is 2.64. The second-order valence-electron chi connectivity index (χ2n) is 4.73. The molecule has 0 spiro atoms. The second-order valence-corrected chi connectivity index (χ2v) is 4.73. The van der Waals surface area contributed by atoms with Gasteiger partial charge in [-0.15, -0.1) is 0 Å². The highest BCUT2D eigenvalue weighted by Gasteiger charge is 2.10. The zero-order valence-corrected chi connectivity index (χ0v) is 9.94. The van der Waals surface area contributed by atoms with E-state index < -0.39 is 0 Å². The summed E-state index contributed by atoms with van der Waals surface area (Å²) in [6, 6.07) is 4.92. The average molecular weight is 203 g/mol. The van der Waals surface area contributed by atoms with E-state index in [4.69, 9.17) is 0 Å². The molecule has 0 aromatic carbocycles. The summed E-state index contributed by atoms with van der Waals surface area (Å²) in [5.74, 6) is 0.587. The molecule has 2 aromatic rings. The molecule has 2 heterocycles. The highest BCUT2D eigenvalue weighted by atomic mass is 15.1. The molecule has 0 saturated carbocycles. The van der Waals surface area contributed by atoms with Gasteiger partial charge in [0.15, 0.2) is 5.52 Å². The lowest BCUT2D eigenvalue weighted by atomic mass is 10.1. The first kappa shape index (κ1) is 10.2. The molecule has 15 heavy (non-hydrogen) atoms.